The second kappa shape index (κ2) is 11.0. The summed E-state index contributed by atoms with van der Waals surface area (Å²) in [6, 6.07) is 26.8. The molecule has 0 atom stereocenters. The van der Waals surface area contributed by atoms with Gasteiger partial charge < -0.3 is 14.2 Å². The predicted octanol–water partition coefficient (Wildman–Crippen LogP) is 6.41. The third-order valence-corrected chi connectivity index (χ3v) is 7.28. The predicted molar refractivity (Wildman–Crippen MR) is 147 cm³/mol. The summed E-state index contributed by atoms with van der Waals surface area (Å²) in [6.07, 6.45) is 4.44. The first-order valence-corrected chi connectivity index (χ1v) is 12.9. The third kappa shape index (κ3) is 5.17. The molecule has 5 nitrogen and oxygen atoms in total. The minimum absolute atomic E-state index is 0.0285. The third-order valence-electron chi connectivity index (χ3n) is 7.28. The molecule has 0 aliphatic carbocycles. The van der Waals surface area contributed by atoms with E-state index in [1.807, 2.05) is 35.2 Å². The van der Waals surface area contributed by atoms with Crippen LogP contribution >= 0.6 is 0 Å². The number of carbonyl (C=O) groups excluding carboxylic acids is 1. The van der Waals surface area contributed by atoms with Gasteiger partial charge in [-0.25, -0.2) is 0 Å². The number of rotatable bonds is 4. The number of methoxy groups -OCH3 is 1. The van der Waals surface area contributed by atoms with E-state index in [0.29, 0.717) is 11.3 Å². The van der Waals surface area contributed by atoms with Crippen molar-refractivity contribution in [2.24, 2.45) is 7.05 Å². The number of aromatic nitrogens is 1. The summed E-state index contributed by atoms with van der Waals surface area (Å²) < 4.78 is 7.69. The summed E-state index contributed by atoms with van der Waals surface area (Å²) in [7, 11) is 3.79. The maximum absolute atomic E-state index is 13.7. The van der Waals surface area contributed by atoms with Gasteiger partial charge in [0.15, 0.2) is 0 Å². The average Bonchev–Trinajstić information content (AvgIpc) is 3.21. The average molecular weight is 482 g/mol. The quantitative estimate of drug-likeness (QED) is 0.338. The van der Waals surface area contributed by atoms with Gasteiger partial charge in [0.2, 0.25) is 0 Å². The topological polar surface area (TPSA) is 37.7 Å². The van der Waals surface area contributed by atoms with Gasteiger partial charge in [-0.05, 0) is 66.7 Å². The standard InChI is InChI=1S/C31H35N3O2/c1-32-27(20-24-12-5-7-16-29(24)32)23-33-18-9-3-4-10-19-34(30-17-8-6-13-26(30)22-33)31(35)25-14-11-15-28(21-25)36-2/h5-8,11-17,20-21H,3-4,9-10,18-19,22-23H2,1-2H3. The highest BCUT2D eigenvalue weighted by molar-refractivity contribution is 6.06. The normalized spacial score (nSPS) is 15.3. The lowest BCUT2D eigenvalue weighted by atomic mass is 10.1. The molecule has 1 amide bonds. The molecule has 0 radical (unpaired) electrons. The summed E-state index contributed by atoms with van der Waals surface area (Å²) in [6.45, 7) is 3.44. The van der Waals surface area contributed by atoms with Crippen LogP contribution in [-0.4, -0.2) is 35.6 Å². The van der Waals surface area contributed by atoms with Crippen molar-refractivity contribution in [1.82, 2.24) is 9.47 Å². The van der Waals surface area contributed by atoms with Crippen molar-refractivity contribution in [1.29, 1.82) is 0 Å². The molecule has 1 aliphatic heterocycles. The molecule has 4 aromatic rings. The fourth-order valence-electron chi connectivity index (χ4n) is 5.29. The zero-order valence-electron chi connectivity index (χ0n) is 21.3. The second-order valence-electron chi connectivity index (χ2n) is 9.70. The van der Waals surface area contributed by atoms with Gasteiger partial charge in [-0.15, -0.1) is 0 Å². The van der Waals surface area contributed by atoms with Crippen LogP contribution in [0, 0.1) is 0 Å². The monoisotopic (exact) mass is 481 g/mol. The van der Waals surface area contributed by atoms with Crippen LogP contribution in [0.2, 0.25) is 0 Å². The molecular formula is C31H35N3O2. The first kappa shape index (κ1) is 24.1. The van der Waals surface area contributed by atoms with Crippen LogP contribution in [0.4, 0.5) is 5.69 Å². The SMILES string of the molecule is COc1cccc(C(=O)N2CCCCCCN(Cc3cc4ccccc4n3C)Cc3ccccc32)c1. The number of fused-ring (bicyclic) bond motifs is 2. The first-order chi connectivity index (χ1) is 17.6. The fourth-order valence-corrected chi connectivity index (χ4v) is 5.29. The Balaban J connectivity index is 1.46. The lowest BCUT2D eigenvalue weighted by Crippen LogP contribution is -2.33. The highest BCUT2D eigenvalue weighted by Crippen LogP contribution is 2.28. The lowest BCUT2D eigenvalue weighted by Gasteiger charge is -2.28. The van der Waals surface area contributed by atoms with Gasteiger partial charge in [-0.1, -0.05) is 55.3 Å². The van der Waals surface area contributed by atoms with Crippen molar-refractivity contribution in [2.45, 2.75) is 38.8 Å². The largest absolute Gasteiger partial charge is 0.497 e. The zero-order valence-corrected chi connectivity index (χ0v) is 21.3. The summed E-state index contributed by atoms with van der Waals surface area (Å²) >= 11 is 0. The summed E-state index contributed by atoms with van der Waals surface area (Å²) in [5, 5.41) is 1.28. The number of ether oxygens (including phenoxy) is 1. The molecule has 1 aromatic heterocycles. The van der Waals surface area contributed by atoms with Crippen molar-refractivity contribution in [3.63, 3.8) is 0 Å². The lowest BCUT2D eigenvalue weighted by molar-refractivity contribution is 0.0986. The summed E-state index contributed by atoms with van der Waals surface area (Å²) in [5.74, 6) is 0.731. The highest BCUT2D eigenvalue weighted by Gasteiger charge is 2.22. The van der Waals surface area contributed by atoms with Crippen LogP contribution in [0.5, 0.6) is 5.75 Å². The van der Waals surface area contributed by atoms with Crippen molar-refractivity contribution < 1.29 is 9.53 Å². The van der Waals surface area contributed by atoms with E-state index in [1.165, 1.54) is 28.6 Å². The molecule has 2 heterocycles. The molecule has 0 N–H and O–H groups in total. The Morgan fingerprint density at radius 3 is 2.47 bits per heavy atom. The minimum Gasteiger partial charge on any atom is -0.497 e. The molecular weight excluding hydrogens is 446 g/mol. The highest BCUT2D eigenvalue weighted by atomic mass is 16.5. The molecule has 0 fully saturated rings. The van der Waals surface area contributed by atoms with Crippen LogP contribution in [0.3, 0.4) is 0 Å². The summed E-state index contributed by atoms with van der Waals surface area (Å²) in [5.41, 5.74) is 5.43. The Hall–Kier alpha value is -3.57. The fraction of sp³-hybridized carbons (Fsp3) is 0.323. The maximum Gasteiger partial charge on any atom is 0.258 e. The van der Waals surface area contributed by atoms with Gasteiger partial charge in [0.05, 0.1) is 7.11 Å². The van der Waals surface area contributed by atoms with Crippen molar-refractivity contribution in [3.8, 4) is 5.75 Å². The second-order valence-corrected chi connectivity index (χ2v) is 9.70. The molecule has 186 valence electrons. The molecule has 0 saturated heterocycles. The molecule has 5 rings (SSSR count). The Labute approximate surface area is 213 Å². The van der Waals surface area contributed by atoms with Crippen LogP contribution in [0.1, 0.15) is 47.3 Å². The smallest absolute Gasteiger partial charge is 0.258 e. The molecule has 0 spiro atoms. The van der Waals surface area contributed by atoms with Crippen LogP contribution in [-0.2, 0) is 20.1 Å². The van der Waals surface area contributed by atoms with E-state index in [0.717, 1.165) is 51.1 Å². The number of benzene rings is 3. The minimum atomic E-state index is 0.0285. The number of para-hydroxylation sites is 2. The van der Waals surface area contributed by atoms with Gasteiger partial charge >= 0.3 is 0 Å². The van der Waals surface area contributed by atoms with E-state index >= 15 is 0 Å². The summed E-state index contributed by atoms with van der Waals surface area (Å²) in [4.78, 5) is 18.3. The Morgan fingerprint density at radius 1 is 0.861 bits per heavy atom. The maximum atomic E-state index is 13.7. The van der Waals surface area contributed by atoms with Gasteiger partial charge in [0.1, 0.15) is 5.75 Å². The van der Waals surface area contributed by atoms with Gasteiger partial charge in [0, 0.05) is 49.1 Å². The molecule has 36 heavy (non-hydrogen) atoms. The Bertz CT molecular complexity index is 1340. The van der Waals surface area contributed by atoms with Gasteiger partial charge in [-0.2, -0.15) is 0 Å². The Morgan fingerprint density at radius 2 is 1.64 bits per heavy atom. The van der Waals surface area contributed by atoms with E-state index in [9.17, 15) is 4.79 Å². The van der Waals surface area contributed by atoms with Gasteiger partial charge in [0.25, 0.3) is 5.91 Å². The number of aryl methyl sites for hydroxylation is 1. The number of carbonyl (C=O) groups is 1. The van der Waals surface area contributed by atoms with E-state index in [2.05, 4.69) is 65.0 Å². The molecule has 3 aromatic carbocycles. The van der Waals surface area contributed by atoms with E-state index in [1.54, 1.807) is 7.11 Å². The number of amides is 1. The number of nitrogens with zero attached hydrogens (tertiary/aromatic N) is 3. The molecule has 0 bridgehead atoms. The van der Waals surface area contributed by atoms with E-state index < -0.39 is 0 Å². The molecule has 1 aliphatic rings. The Kier molecular flexibility index (Phi) is 7.38. The number of anilines is 1. The zero-order chi connectivity index (χ0) is 24.9. The first-order valence-electron chi connectivity index (χ1n) is 12.9. The number of hydrogen-bond donors (Lipinski definition) is 0. The molecule has 0 unspecified atom stereocenters. The van der Waals surface area contributed by atoms with Gasteiger partial charge in [-0.3, -0.25) is 9.69 Å². The van der Waals surface area contributed by atoms with Crippen LogP contribution in [0.25, 0.3) is 10.9 Å². The van der Waals surface area contributed by atoms with Crippen LogP contribution < -0.4 is 9.64 Å². The molecule has 5 heteroatoms. The van der Waals surface area contributed by atoms with Crippen LogP contribution in [0.15, 0.2) is 78.9 Å². The van der Waals surface area contributed by atoms with Crippen molar-refractivity contribution >= 4 is 22.5 Å². The van der Waals surface area contributed by atoms with E-state index in [4.69, 9.17) is 4.74 Å². The van der Waals surface area contributed by atoms with E-state index in [-0.39, 0.29) is 5.91 Å². The molecule has 0 saturated carbocycles. The number of hydrogen-bond acceptors (Lipinski definition) is 3. The van der Waals surface area contributed by atoms with Crippen molar-refractivity contribution in [2.75, 3.05) is 25.1 Å². The van der Waals surface area contributed by atoms with Crippen molar-refractivity contribution in [3.05, 3.63) is 95.7 Å².